The van der Waals surface area contributed by atoms with Crippen LogP contribution in [0.4, 0.5) is 0 Å². The lowest BCUT2D eigenvalue weighted by Crippen LogP contribution is -2.47. The molecule has 0 amide bonds. The first-order valence-corrected chi connectivity index (χ1v) is 8.44. The van der Waals surface area contributed by atoms with E-state index in [0.29, 0.717) is 6.04 Å². The van der Waals surface area contributed by atoms with Crippen LogP contribution in [0.2, 0.25) is 0 Å². The molecule has 0 bridgehead atoms. The number of nitrogens with zero attached hydrogens (tertiary/aromatic N) is 2. The number of hydrogen-bond acceptors (Lipinski definition) is 3. The van der Waals surface area contributed by atoms with Crippen LogP contribution >= 0.6 is 0 Å². The van der Waals surface area contributed by atoms with E-state index >= 15 is 0 Å². The molecule has 120 valence electrons. The molecule has 1 aromatic heterocycles. The highest BCUT2D eigenvalue weighted by molar-refractivity contribution is 5.11. The standard InChI is InChI=1S/C17H31N3O/c1-5-10-18-15(13-17(21-4)8-7-9-17)12-16-11-14(3)19-20(16)6-2/h11,15,18H,5-10,12-13H2,1-4H3. The summed E-state index contributed by atoms with van der Waals surface area (Å²) < 4.78 is 7.96. The molecule has 1 N–H and O–H groups in total. The highest BCUT2D eigenvalue weighted by Crippen LogP contribution is 2.39. The van der Waals surface area contributed by atoms with Crippen LogP contribution in [0.3, 0.4) is 0 Å². The molecule has 1 aliphatic rings. The van der Waals surface area contributed by atoms with Gasteiger partial charge in [-0.2, -0.15) is 5.10 Å². The van der Waals surface area contributed by atoms with E-state index in [1.807, 2.05) is 7.11 Å². The third kappa shape index (κ3) is 4.07. The third-order valence-electron chi connectivity index (χ3n) is 4.74. The van der Waals surface area contributed by atoms with E-state index in [4.69, 9.17) is 4.74 Å². The monoisotopic (exact) mass is 293 g/mol. The van der Waals surface area contributed by atoms with Crippen LogP contribution in [0.25, 0.3) is 0 Å². The van der Waals surface area contributed by atoms with Crippen molar-refractivity contribution in [2.45, 2.75) is 77.5 Å². The van der Waals surface area contributed by atoms with Crippen LogP contribution in [0.5, 0.6) is 0 Å². The second-order valence-corrected chi connectivity index (χ2v) is 6.39. The summed E-state index contributed by atoms with van der Waals surface area (Å²) in [5.74, 6) is 0. The molecule has 1 atom stereocenters. The predicted octanol–water partition coefficient (Wildman–Crippen LogP) is 3.08. The Morgan fingerprint density at radius 1 is 1.43 bits per heavy atom. The Labute approximate surface area is 129 Å². The van der Waals surface area contributed by atoms with Gasteiger partial charge < -0.3 is 10.1 Å². The van der Waals surface area contributed by atoms with Crippen LogP contribution < -0.4 is 5.32 Å². The maximum atomic E-state index is 5.82. The van der Waals surface area contributed by atoms with Gasteiger partial charge >= 0.3 is 0 Å². The van der Waals surface area contributed by atoms with Crippen molar-refractivity contribution in [1.82, 2.24) is 15.1 Å². The smallest absolute Gasteiger partial charge is 0.0693 e. The Hall–Kier alpha value is -0.870. The normalized spacial score (nSPS) is 18.5. The van der Waals surface area contributed by atoms with Gasteiger partial charge in [-0.05, 0) is 58.6 Å². The number of ether oxygens (including phenoxy) is 1. The van der Waals surface area contributed by atoms with Crippen molar-refractivity contribution in [2.24, 2.45) is 0 Å². The first kappa shape index (κ1) is 16.5. The fraction of sp³-hybridized carbons (Fsp3) is 0.824. The van der Waals surface area contributed by atoms with E-state index in [9.17, 15) is 0 Å². The minimum absolute atomic E-state index is 0.123. The summed E-state index contributed by atoms with van der Waals surface area (Å²) in [6, 6.07) is 2.70. The molecule has 1 saturated carbocycles. The van der Waals surface area contributed by atoms with E-state index in [2.05, 4.69) is 41.9 Å². The highest BCUT2D eigenvalue weighted by atomic mass is 16.5. The first-order chi connectivity index (χ1) is 10.1. The van der Waals surface area contributed by atoms with Gasteiger partial charge in [0.05, 0.1) is 11.3 Å². The zero-order valence-electron chi connectivity index (χ0n) is 14.1. The van der Waals surface area contributed by atoms with Crippen molar-refractivity contribution in [1.29, 1.82) is 0 Å². The second-order valence-electron chi connectivity index (χ2n) is 6.39. The van der Waals surface area contributed by atoms with Crippen LogP contribution in [-0.4, -0.2) is 35.1 Å². The summed E-state index contributed by atoms with van der Waals surface area (Å²) in [4.78, 5) is 0. The maximum Gasteiger partial charge on any atom is 0.0693 e. The SMILES string of the molecule is CCCNC(Cc1cc(C)nn1CC)CC1(OC)CCC1. The van der Waals surface area contributed by atoms with Gasteiger partial charge in [-0.1, -0.05) is 6.92 Å². The lowest BCUT2D eigenvalue weighted by atomic mass is 9.75. The van der Waals surface area contributed by atoms with Crippen LogP contribution in [0.1, 0.15) is 57.3 Å². The van der Waals surface area contributed by atoms with Crippen LogP contribution in [0, 0.1) is 6.92 Å². The number of aryl methyl sites for hydroxylation is 2. The Morgan fingerprint density at radius 3 is 2.71 bits per heavy atom. The summed E-state index contributed by atoms with van der Waals surface area (Å²) >= 11 is 0. The number of methoxy groups -OCH3 is 1. The lowest BCUT2D eigenvalue weighted by molar-refractivity contribution is -0.0834. The van der Waals surface area contributed by atoms with Crippen molar-refractivity contribution >= 4 is 0 Å². The number of hydrogen-bond donors (Lipinski definition) is 1. The highest BCUT2D eigenvalue weighted by Gasteiger charge is 2.39. The summed E-state index contributed by atoms with van der Waals surface area (Å²) in [6.07, 6.45) is 7.04. The molecule has 4 heteroatoms. The fourth-order valence-electron chi connectivity index (χ4n) is 3.37. The van der Waals surface area contributed by atoms with E-state index < -0.39 is 0 Å². The average molecular weight is 293 g/mol. The van der Waals surface area contributed by atoms with E-state index in [0.717, 1.165) is 31.6 Å². The fourth-order valence-corrected chi connectivity index (χ4v) is 3.37. The van der Waals surface area contributed by atoms with Crippen molar-refractivity contribution in [3.8, 4) is 0 Å². The second kappa shape index (κ2) is 7.41. The van der Waals surface area contributed by atoms with Crippen molar-refractivity contribution in [3.05, 3.63) is 17.5 Å². The predicted molar refractivity (Wildman–Crippen MR) is 86.6 cm³/mol. The van der Waals surface area contributed by atoms with E-state index in [1.54, 1.807) is 0 Å². The molecule has 4 nitrogen and oxygen atoms in total. The third-order valence-corrected chi connectivity index (χ3v) is 4.74. The van der Waals surface area contributed by atoms with Crippen molar-refractivity contribution < 1.29 is 4.74 Å². The molecule has 0 saturated heterocycles. The van der Waals surface area contributed by atoms with Gasteiger partial charge in [0.15, 0.2) is 0 Å². The molecule has 1 unspecified atom stereocenters. The molecule has 1 aliphatic carbocycles. The molecule has 21 heavy (non-hydrogen) atoms. The Morgan fingerprint density at radius 2 is 2.19 bits per heavy atom. The van der Waals surface area contributed by atoms with Gasteiger partial charge in [-0.25, -0.2) is 0 Å². The van der Waals surface area contributed by atoms with Crippen LogP contribution in [0.15, 0.2) is 6.07 Å². The molecule has 1 aromatic rings. The summed E-state index contributed by atoms with van der Waals surface area (Å²) in [5, 5.41) is 8.29. The van der Waals surface area contributed by atoms with E-state index in [-0.39, 0.29) is 5.60 Å². The van der Waals surface area contributed by atoms with Crippen LogP contribution in [-0.2, 0) is 17.7 Å². The molecule has 0 aromatic carbocycles. The lowest BCUT2D eigenvalue weighted by Gasteiger charge is -2.43. The summed E-state index contributed by atoms with van der Waals surface area (Å²) in [6.45, 7) is 8.47. The molecule has 1 heterocycles. The van der Waals surface area contributed by atoms with Crippen molar-refractivity contribution in [2.75, 3.05) is 13.7 Å². The first-order valence-electron chi connectivity index (χ1n) is 8.44. The van der Waals surface area contributed by atoms with Gasteiger partial charge in [-0.15, -0.1) is 0 Å². The zero-order valence-corrected chi connectivity index (χ0v) is 14.1. The van der Waals surface area contributed by atoms with Gasteiger partial charge in [-0.3, -0.25) is 4.68 Å². The Bertz CT molecular complexity index is 432. The molecule has 2 rings (SSSR count). The molecule has 0 radical (unpaired) electrons. The number of rotatable bonds is 9. The largest absolute Gasteiger partial charge is 0.378 e. The summed E-state index contributed by atoms with van der Waals surface area (Å²) in [7, 11) is 1.87. The van der Waals surface area contributed by atoms with Gasteiger partial charge in [0.1, 0.15) is 0 Å². The molecule has 0 aliphatic heterocycles. The minimum atomic E-state index is 0.123. The van der Waals surface area contributed by atoms with Gasteiger partial charge in [0.2, 0.25) is 0 Å². The number of nitrogens with one attached hydrogen (secondary N) is 1. The molecule has 0 spiro atoms. The Kier molecular flexibility index (Phi) is 5.82. The average Bonchev–Trinajstić information content (AvgIpc) is 2.79. The quantitative estimate of drug-likeness (QED) is 0.760. The topological polar surface area (TPSA) is 39.1 Å². The minimum Gasteiger partial charge on any atom is -0.378 e. The van der Waals surface area contributed by atoms with Gasteiger partial charge in [0, 0.05) is 31.8 Å². The van der Waals surface area contributed by atoms with E-state index in [1.165, 1.54) is 31.4 Å². The maximum absolute atomic E-state index is 5.82. The summed E-state index contributed by atoms with van der Waals surface area (Å²) in [5.41, 5.74) is 2.58. The Balaban J connectivity index is 2.04. The molecular weight excluding hydrogens is 262 g/mol. The number of aromatic nitrogens is 2. The molecular formula is C17H31N3O. The zero-order chi connectivity index (χ0) is 15.3. The molecule has 1 fully saturated rings. The van der Waals surface area contributed by atoms with Gasteiger partial charge in [0.25, 0.3) is 0 Å². The van der Waals surface area contributed by atoms with Crippen molar-refractivity contribution in [3.63, 3.8) is 0 Å².